The molecule has 0 spiro atoms. The van der Waals surface area contributed by atoms with Crippen LogP contribution in [-0.2, 0) is 20.0 Å². The number of nitrogens with one attached hydrogen (secondary N) is 1. The van der Waals surface area contributed by atoms with Gasteiger partial charge in [-0.25, -0.2) is 0 Å². The number of nitrogens with zero attached hydrogens (tertiary/aromatic N) is 2. The van der Waals surface area contributed by atoms with E-state index in [0.29, 0.717) is 6.54 Å². The van der Waals surface area contributed by atoms with Crippen LogP contribution < -0.4 is 5.32 Å². The van der Waals surface area contributed by atoms with Gasteiger partial charge in [-0.15, -0.1) is 0 Å². The van der Waals surface area contributed by atoms with Crippen molar-refractivity contribution in [2.75, 3.05) is 18.1 Å². The van der Waals surface area contributed by atoms with Crippen molar-refractivity contribution >= 4 is 11.8 Å². The van der Waals surface area contributed by atoms with Gasteiger partial charge in [-0.3, -0.25) is 4.68 Å². The van der Waals surface area contributed by atoms with E-state index in [0.717, 1.165) is 36.6 Å². The van der Waals surface area contributed by atoms with E-state index in [1.807, 2.05) is 23.5 Å². The number of aliphatic hydroxyl groups is 1. The molecule has 1 unspecified atom stereocenters. The van der Waals surface area contributed by atoms with Gasteiger partial charge in [0.25, 0.3) is 0 Å². The van der Waals surface area contributed by atoms with Gasteiger partial charge >= 0.3 is 0 Å². The van der Waals surface area contributed by atoms with Crippen LogP contribution >= 0.6 is 11.8 Å². The minimum absolute atomic E-state index is 0.501. The van der Waals surface area contributed by atoms with Gasteiger partial charge in [0, 0.05) is 37.7 Å². The first-order valence-electron chi connectivity index (χ1n) is 6.15. The third-order valence-electron chi connectivity index (χ3n) is 3.18. The predicted molar refractivity (Wildman–Crippen MR) is 71.2 cm³/mol. The van der Waals surface area contributed by atoms with Crippen molar-refractivity contribution in [3.8, 4) is 0 Å². The Morgan fingerprint density at radius 1 is 1.65 bits per heavy atom. The molecule has 0 saturated carbocycles. The van der Waals surface area contributed by atoms with Crippen LogP contribution in [0.25, 0.3) is 0 Å². The Morgan fingerprint density at radius 2 is 2.47 bits per heavy atom. The van der Waals surface area contributed by atoms with Gasteiger partial charge < -0.3 is 10.4 Å². The van der Waals surface area contributed by atoms with Crippen LogP contribution in [0.2, 0.25) is 0 Å². The van der Waals surface area contributed by atoms with E-state index < -0.39 is 5.60 Å². The zero-order valence-corrected chi connectivity index (χ0v) is 11.4. The monoisotopic (exact) mass is 255 g/mol. The summed E-state index contributed by atoms with van der Waals surface area (Å²) < 4.78 is 1.86. The third kappa shape index (κ3) is 3.24. The second kappa shape index (κ2) is 5.42. The Bertz CT molecular complexity index is 372. The molecule has 1 fully saturated rings. The van der Waals surface area contributed by atoms with Gasteiger partial charge in [0.1, 0.15) is 0 Å². The maximum absolute atomic E-state index is 10.2. The lowest BCUT2D eigenvalue weighted by molar-refractivity contribution is 0.0674. The van der Waals surface area contributed by atoms with Gasteiger partial charge in [-0.05, 0) is 18.6 Å². The molecule has 0 radical (unpaired) electrons. The van der Waals surface area contributed by atoms with Gasteiger partial charge in [0.2, 0.25) is 0 Å². The van der Waals surface area contributed by atoms with Crippen LogP contribution in [0.15, 0.2) is 6.20 Å². The molecule has 2 N–H and O–H groups in total. The van der Waals surface area contributed by atoms with Crippen LogP contribution in [0.4, 0.5) is 0 Å². The lowest BCUT2D eigenvalue weighted by Crippen LogP contribution is -2.40. The van der Waals surface area contributed by atoms with E-state index in [9.17, 15) is 5.11 Å². The van der Waals surface area contributed by atoms with Gasteiger partial charge in [-0.1, -0.05) is 6.92 Å². The molecule has 0 amide bonds. The molecule has 0 aliphatic carbocycles. The van der Waals surface area contributed by atoms with Crippen molar-refractivity contribution in [1.82, 2.24) is 15.1 Å². The fourth-order valence-corrected chi connectivity index (χ4v) is 3.49. The molecule has 1 aliphatic rings. The maximum atomic E-state index is 10.2. The molecule has 0 bridgehead atoms. The van der Waals surface area contributed by atoms with Crippen LogP contribution in [0, 0.1) is 0 Å². The second-order valence-electron chi connectivity index (χ2n) is 4.76. The summed E-state index contributed by atoms with van der Waals surface area (Å²) in [6.45, 7) is 3.59. The first-order valence-corrected chi connectivity index (χ1v) is 7.31. The fraction of sp³-hybridized carbons (Fsp3) is 0.750. The topological polar surface area (TPSA) is 50.1 Å². The van der Waals surface area contributed by atoms with E-state index >= 15 is 0 Å². The van der Waals surface area contributed by atoms with Crippen molar-refractivity contribution in [2.24, 2.45) is 7.05 Å². The standard InChI is InChI=1S/C12H21N3OS/c1-3-11-10(7-15(2)14-11)6-13-8-12(16)4-5-17-9-12/h7,13,16H,3-6,8-9H2,1-2H3. The molecule has 1 aliphatic heterocycles. The summed E-state index contributed by atoms with van der Waals surface area (Å²) in [7, 11) is 1.95. The van der Waals surface area contributed by atoms with Gasteiger partial charge in [0.15, 0.2) is 0 Å². The van der Waals surface area contributed by atoms with E-state index in [4.69, 9.17) is 0 Å². The second-order valence-corrected chi connectivity index (χ2v) is 5.86. The normalized spacial score (nSPS) is 24.4. The summed E-state index contributed by atoms with van der Waals surface area (Å²) in [5.74, 6) is 1.93. The van der Waals surface area contributed by atoms with E-state index in [1.54, 1.807) is 0 Å². The molecule has 0 aromatic carbocycles. The molecule has 4 nitrogen and oxygen atoms in total. The Kier molecular flexibility index (Phi) is 4.12. The lowest BCUT2D eigenvalue weighted by Gasteiger charge is -2.21. The molecule has 1 saturated heterocycles. The summed E-state index contributed by atoms with van der Waals surface area (Å²) in [5, 5.41) is 18.0. The Morgan fingerprint density at radius 3 is 3.12 bits per heavy atom. The first kappa shape index (κ1) is 12.9. The number of hydrogen-bond acceptors (Lipinski definition) is 4. The summed E-state index contributed by atoms with van der Waals surface area (Å²) in [6.07, 6.45) is 3.91. The summed E-state index contributed by atoms with van der Waals surface area (Å²) in [4.78, 5) is 0. The molecule has 96 valence electrons. The van der Waals surface area contributed by atoms with Crippen molar-refractivity contribution in [2.45, 2.75) is 31.9 Å². The Labute approximate surface area is 107 Å². The Balaban J connectivity index is 1.85. The highest BCUT2D eigenvalue weighted by Crippen LogP contribution is 2.27. The predicted octanol–water partition coefficient (Wildman–Crippen LogP) is 0.940. The van der Waals surface area contributed by atoms with Crippen molar-refractivity contribution in [1.29, 1.82) is 0 Å². The lowest BCUT2D eigenvalue weighted by atomic mass is 10.0. The number of hydrogen-bond donors (Lipinski definition) is 2. The van der Waals surface area contributed by atoms with Gasteiger partial charge in [0.05, 0.1) is 11.3 Å². The number of rotatable bonds is 5. The van der Waals surface area contributed by atoms with Crippen LogP contribution in [0.1, 0.15) is 24.6 Å². The zero-order valence-electron chi connectivity index (χ0n) is 10.6. The largest absolute Gasteiger partial charge is 0.388 e. The smallest absolute Gasteiger partial charge is 0.0869 e. The average Bonchev–Trinajstić information content (AvgIpc) is 2.86. The van der Waals surface area contributed by atoms with E-state index in [1.165, 1.54) is 5.56 Å². The zero-order chi connectivity index (χ0) is 12.3. The Hall–Kier alpha value is -0.520. The summed E-state index contributed by atoms with van der Waals surface area (Å²) in [5.41, 5.74) is 1.89. The van der Waals surface area contributed by atoms with E-state index in [-0.39, 0.29) is 0 Å². The average molecular weight is 255 g/mol. The van der Waals surface area contributed by atoms with Crippen molar-refractivity contribution in [3.63, 3.8) is 0 Å². The third-order valence-corrected chi connectivity index (χ3v) is 4.41. The van der Waals surface area contributed by atoms with Crippen molar-refractivity contribution < 1.29 is 5.11 Å². The molecular formula is C12H21N3OS. The SMILES string of the molecule is CCc1nn(C)cc1CNCC1(O)CCSC1. The van der Waals surface area contributed by atoms with E-state index in [2.05, 4.69) is 23.5 Å². The molecular weight excluding hydrogens is 234 g/mol. The quantitative estimate of drug-likeness (QED) is 0.822. The summed E-state index contributed by atoms with van der Waals surface area (Å²) >= 11 is 1.83. The van der Waals surface area contributed by atoms with Crippen LogP contribution in [0.3, 0.4) is 0 Å². The van der Waals surface area contributed by atoms with Crippen LogP contribution in [0.5, 0.6) is 0 Å². The summed E-state index contributed by atoms with van der Waals surface area (Å²) in [6, 6.07) is 0. The molecule has 1 aromatic heterocycles. The highest BCUT2D eigenvalue weighted by atomic mass is 32.2. The van der Waals surface area contributed by atoms with Crippen molar-refractivity contribution in [3.05, 3.63) is 17.5 Å². The molecule has 2 heterocycles. The highest BCUT2D eigenvalue weighted by Gasteiger charge is 2.31. The number of aryl methyl sites for hydroxylation is 2. The molecule has 1 aromatic rings. The molecule has 17 heavy (non-hydrogen) atoms. The van der Waals surface area contributed by atoms with Gasteiger partial charge in [-0.2, -0.15) is 16.9 Å². The highest BCUT2D eigenvalue weighted by molar-refractivity contribution is 7.99. The number of thioether (sulfide) groups is 1. The first-order chi connectivity index (χ1) is 8.13. The molecule has 5 heteroatoms. The fourth-order valence-electron chi connectivity index (χ4n) is 2.19. The molecule has 1 atom stereocenters. The number of aromatic nitrogens is 2. The van der Waals surface area contributed by atoms with Crippen LogP contribution in [-0.4, -0.2) is 38.5 Å². The minimum Gasteiger partial charge on any atom is -0.388 e. The minimum atomic E-state index is -0.501. The maximum Gasteiger partial charge on any atom is 0.0869 e. The molecule has 2 rings (SSSR count).